The van der Waals surface area contributed by atoms with E-state index in [-0.39, 0.29) is 5.56 Å². The molecular formula is C11H11NO2. The number of benzene rings is 1. The van der Waals surface area contributed by atoms with Gasteiger partial charge in [-0.3, -0.25) is 0 Å². The molecule has 1 aromatic rings. The zero-order chi connectivity index (χ0) is 10.4. The Labute approximate surface area is 82.8 Å². The molecule has 14 heavy (non-hydrogen) atoms. The van der Waals surface area contributed by atoms with Crippen LogP contribution in [0.3, 0.4) is 0 Å². The third kappa shape index (κ3) is 2.92. The Hall–Kier alpha value is -1.79. The summed E-state index contributed by atoms with van der Waals surface area (Å²) in [5.41, 5.74) is 1.11. The fourth-order valence-corrected chi connectivity index (χ4v) is 0.931. The Bertz CT molecular complexity index is 371. The summed E-state index contributed by atoms with van der Waals surface area (Å²) < 4.78 is 0. The predicted octanol–water partition coefficient (Wildman–Crippen LogP) is 0.956. The molecule has 72 valence electrons. The van der Waals surface area contributed by atoms with Crippen molar-refractivity contribution in [1.29, 1.82) is 0 Å². The van der Waals surface area contributed by atoms with Gasteiger partial charge >= 0.3 is 5.97 Å². The molecule has 1 aromatic carbocycles. The zero-order valence-corrected chi connectivity index (χ0v) is 7.87. The Morgan fingerprint density at radius 1 is 1.43 bits per heavy atom. The number of nitrogens with one attached hydrogen (secondary N) is 1. The van der Waals surface area contributed by atoms with Crippen LogP contribution in [-0.4, -0.2) is 24.7 Å². The summed E-state index contributed by atoms with van der Waals surface area (Å²) in [5, 5.41) is 11.5. The second-order valence-electron chi connectivity index (χ2n) is 2.71. The Balaban J connectivity index is 2.75. The van der Waals surface area contributed by atoms with E-state index in [1.54, 1.807) is 24.3 Å². The van der Waals surface area contributed by atoms with Gasteiger partial charge in [0.15, 0.2) is 0 Å². The second-order valence-corrected chi connectivity index (χ2v) is 2.71. The Morgan fingerprint density at radius 2 is 2.07 bits per heavy atom. The fraction of sp³-hybridized carbons (Fsp3) is 0.182. The molecule has 0 heterocycles. The maximum Gasteiger partial charge on any atom is 0.335 e. The summed E-state index contributed by atoms with van der Waals surface area (Å²) in [5.74, 6) is 4.88. The van der Waals surface area contributed by atoms with Crippen LogP contribution in [0, 0.1) is 11.8 Å². The molecule has 0 aliphatic carbocycles. The van der Waals surface area contributed by atoms with Crippen molar-refractivity contribution < 1.29 is 9.90 Å². The maximum absolute atomic E-state index is 10.5. The Kier molecular flexibility index (Phi) is 3.71. The number of carboxylic acids is 1. The van der Waals surface area contributed by atoms with Gasteiger partial charge in [-0.1, -0.05) is 11.8 Å². The van der Waals surface area contributed by atoms with Crippen LogP contribution in [0.1, 0.15) is 15.9 Å². The number of carbonyl (C=O) groups is 1. The number of aromatic carboxylic acids is 1. The second kappa shape index (κ2) is 5.05. The van der Waals surface area contributed by atoms with E-state index >= 15 is 0 Å². The predicted molar refractivity (Wildman–Crippen MR) is 54.2 cm³/mol. The highest BCUT2D eigenvalue weighted by molar-refractivity contribution is 5.87. The molecule has 2 N–H and O–H groups in total. The van der Waals surface area contributed by atoms with E-state index in [4.69, 9.17) is 5.11 Å². The van der Waals surface area contributed by atoms with Crippen LogP contribution in [0.4, 0.5) is 0 Å². The minimum Gasteiger partial charge on any atom is -0.478 e. The van der Waals surface area contributed by atoms with Gasteiger partial charge in [-0.2, -0.15) is 0 Å². The van der Waals surface area contributed by atoms with Gasteiger partial charge < -0.3 is 10.4 Å². The largest absolute Gasteiger partial charge is 0.478 e. The lowest BCUT2D eigenvalue weighted by Gasteiger charge is -1.93. The molecule has 0 fully saturated rings. The number of rotatable bonds is 2. The SMILES string of the molecule is CNCC#Cc1ccc(C(=O)O)cc1. The first-order valence-corrected chi connectivity index (χ1v) is 4.21. The van der Waals surface area contributed by atoms with Crippen LogP contribution >= 0.6 is 0 Å². The van der Waals surface area contributed by atoms with Gasteiger partial charge in [0, 0.05) is 5.56 Å². The van der Waals surface area contributed by atoms with Crippen LogP contribution in [0.25, 0.3) is 0 Å². The molecule has 0 radical (unpaired) electrons. The molecular weight excluding hydrogens is 178 g/mol. The van der Waals surface area contributed by atoms with Crippen LogP contribution in [-0.2, 0) is 0 Å². The molecule has 0 aliphatic heterocycles. The molecule has 0 saturated carbocycles. The highest BCUT2D eigenvalue weighted by Gasteiger charge is 1.99. The molecule has 1 rings (SSSR count). The molecule has 0 unspecified atom stereocenters. The normalized spacial score (nSPS) is 8.93. The topological polar surface area (TPSA) is 49.3 Å². The van der Waals surface area contributed by atoms with Gasteiger partial charge in [0.25, 0.3) is 0 Å². The van der Waals surface area contributed by atoms with E-state index in [1.165, 1.54) is 0 Å². The molecule has 0 atom stereocenters. The summed E-state index contributed by atoms with van der Waals surface area (Å²) in [4.78, 5) is 10.5. The molecule has 0 saturated heterocycles. The monoisotopic (exact) mass is 189 g/mol. The van der Waals surface area contributed by atoms with Crippen LogP contribution in [0.15, 0.2) is 24.3 Å². The van der Waals surface area contributed by atoms with Gasteiger partial charge in [-0.05, 0) is 31.3 Å². The molecule has 0 bridgehead atoms. The van der Waals surface area contributed by atoms with Gasteiger partial charge in [0.2, 0.25) is 0 Å². The summed E-state index contributed by atoms with van der Waals surface area (Å²) in [6.45, 7) is 0.626. The molecule has 0 aromatic heterocycles. The van der Waals surface area contributed by atoms with Crippen molar-refractivity contribution in [1.82, 2.24) is 5.32 Å². The van der Waals surface area contributed by atoms with E-state index < -0.39 is 5.97 Å². The van der Waals surface area contributed by atoms with Gasteiger partial charge in [-0.25, -0.2) is 4.79 Å². The van der Waals surface area contributed by atoms with E-state index in [2.05, 4.69) is 17.2 Å². The molecule has 3 heteroatoms. The number of hydrogen-bond acceptors (Lipinski definition) is 2. The zero-order valence-electron chi connectivity index (χ0n) is 7.87. The van der Waals surface area contributed by atoms with Crippen LogP contribution in [0.2, 0.25) is 0 Å². The van der Waals surface area contributed by atoms with Crippen molar-refractivity contribution in [2.45, 2.75) is 0 Å². The smallest absolute Gasteiger partial charge is 0.335 e. The summed E-state index contributed by atoms with van der Waals surface area (Å²) >= 11 is 0. The van der Waals surface area contributed by atoms with Crippen molar-refractivity contribution in [3.8, 4) is 11.8 Å². The maximum atomic E-state index is 10.5. The van der Waals surface area contributed by atoms with Crippen LogP contribution in [0.5, 0.6) is 0 Å². The number of hydrogen-bond donors (Lipinski definition) is 2. The first-order valence-electron chi connectivity index (χ1n) is 4.21. The highest BCUT2D eigenvalue weighted by atomic mass is 16.4. The average molecular weight is 189 g/mol. The van der Waals surface area contributed by atoms with Crippen molar-refractivity contribution in [2.24, 2.45) is 0 Å². The van der Waals surface area contributed by atoms with Crippen molar-refractivity contribution >= 4 is 5.97 Å². The van der Waals surface area contributed by atoms with Crippen molar-refractivity contribution in [3.63, 3.8) is 0 Å². The quantitative estimate of drug-likeness (QED) is 0.681. The minimum absolute atomic E-state index is 0.282. The van der Waals surface area contributed by atoms with E-state index in [1.807, 2.05) is 7.05 Å². The lowest BCUT2D eigenvalue weighted by atomic mass is 10.1. The molecule has 0 aliphatic rings. The highest BCUT2D eigenvalue weighted by Crippen LogP contribution is 2.02. The lowest BCUT2D eigenvalue weighted by molar-refractivity contribution is 0.0697. The first-order chi connectivity index (χ1) is 6.74. The summed E-state index contributed by atoms with van der Waals surface area (Å²) in [6, 6.07) is 6.50. The average Bonchev–Trinajstić information content (AvgIpc) is 2.19. The molecule has 0 amide bonds. The summed E-state index contributed by atoms with van der Waals surface area (Å²) in [7, 11) is 1.82. The first kappa shape index (κ1) is 10.3. The molecule has 3 nitrogen and oxygen atoms in total. The third-order valence-corrected chi connectivity index (χ3v) is 1.63. The number of carboxylic acid groups (broad SMARTS) is 1. The van der Waals surface area contributed by atoms with Gasteiger partial charge in [0.1, 0.15) is 0 Å². The van der Waals surface area contributed by atoms with Crippen LogP contribution < -0.4 is 5.32 Å². The lowest BCUT2D eigenvalue weighted by Crippen LogP contribution is -2.04. The van der Waals surface area contributed by atoms with E-state index in [9.17, 15) is 4.79 Å². The van der Waals surface area contributed by atoms with E-state index in [0.717, 1.165) is 5.56 Å². The van der Waals surface area contributed by atoms with Crippen molar-refractivity contribution in [3.05, 3.63) is 35.4 Å². The fourth-order valence-electron chi connectivity index (χ4n) is 0.931. The minimum atomic E-state index is -0.917. The van der Waals surface area contributed by atoms with Gasteiger partial charge in [-0.15, -0.1) is 0 Å². The Morgan fingerprint density at radius 3 is 2.57 bits per heavy atom. The molecule has 0 spiro atoms. The summed E-state index contributed by atoms with van der Waals surface area (Å²) in [6.07, 6.45) is 0. The van der Waals surface area contributed by atoms with E-state index in [0.29, 0.717) is 6.54 Å². The third-order valence-electron chi connectivity index (χ3n) is 1.63. The standard InChI is InChI=1S/C11H11NO2/c1-12-8-2-3-9-4-6-10(7-5-9)11(13)14/h4-7,12H,8H2,1H3,(H,13,14). The van der Waals surface area contributed by atoms with Crippen molar-refractivity contribution in [2.75, 3.05) is 13.6 Å². The van der Waals surface area contributed by atoms with Gasteiger partial charge in [0.05, 0.1) is 12.1 Å².